The Morgan fingerprint density at radius 3 is 2.65 bits per heavy atom. The minimum atomic E-state index is 0.152. The van der Waals surface area contributed by atoms with Crippen molar-refractivity contribution in [2.24, 2.45) is 0 Å². The van der Waals surface area contributed by atoms with Crippen molar-refractivity contribution < 1.29 is 4.79 Å². The third-order valence-corrected chi connectivity index (χ3v) is 5.81. The van der Waals surface area contributed by atoms with Crippen LogP contribution in [0, 0.1) is 6.92 Å². The molecule has 2 heterocycles. The zero-order valence-corrected chi connectivity index (χ0v) is 16.7. The number of aryl methyl sites for hydroxylation is 2. The molecule has 1 aromatic carbocycles. The smallest absolute Gasteiger partial charge is 0.233 e. The van der Waals surface area contributed by atoms with E-state index in [-0.39, 0.29) is 5.91 Å². The number of nitrogens with one attached hydrogen (secondary N) is 1. The molecule has 1 saturated heterocycles. The number of aromatic amines is 1. The normalized spacial score (nSPS) is 20.1. The van der Waals surface area contributed by atoms with Gasteiger partial charge in [0.2, 0.25) is 11.1 Å². The van der Waals surface area contributed by atoms with Crippen molar-refractivity contribution in [1.29, 1.82) is 0 Å². The number of rotatable bonds is 6. The van der Waals surface area contributed by atoms with Gasteiger partial charge in [-0.05, 0) is 26.6 Å². The zero-order chi connectivity index (χ0) is 18.7. The van der Waals surface area contributed by atoms with Crippen LogP contribution in [-0.4, -0.2) is 69.9 Å². The first-order chi connectivity index (χ1) is 12.5. The number of H-pyrrole nitrogens is 1. The van der Waals surface area contributed by atoms with Gasteiger partial charge in [0.25, 0.3) is 0 Å². The highest BCUT2D eigenvalue weighted by atomic mass is 32.2. The molecule has 0 radical (unpaired) electrons. The number of hydrogen-bond donors (Lipinski definition) is 1. The molecule has 0 aliphatic carbocycles. The van der Waals surface area contributed by atoms with E-state index >= 15 is 0 Å². The summed E-state index contributed by atoms with van der Waals surface area (Å²) in [4.78, 5) is 21.3. The van der Waals surface area contributed by atoms with E-state index in [0.717, 1.165) is 25.3 Å². The Kier molecular flexibility index (Phi) is 5.98. The fourth-order valence-electron chi connectivity index (χ4n) is 3.37. The molecule has 6 nitrogen and oxygen atoms in total. The predicted molar refractivity (Wildman–Crippen MR) is 104 cm³/mol. The molecule has 26 heavy (non-hydrogen) atoms. The summed E-state index contributed by atoms with van der Waals surface area (Å²) in [6, 6.07) is 9.02. The van der Waals surface area contributed by atoms with Crippen molar-refractivity contribution in [1.82, 2.24) is 25.0 Å². The van der Waals surface area contributed by atoms with Crippen LogP contribution < -0.4 is 0 Å². The summed E-state index contributed by atoms with van der Waals surface area (Å²) in [6.07, 6.45) is 0.816. The van der Waals surface area contributed by atoms with Crippen LogP contribution in [0.15, 0.2) is 29.4 Å². The number of carbonyl (C=O) groups is 1. The Bertz CT molecular complexity index is 743. The van der Waals surface area contributed by atoms with Crippen molar-refractivity contribution >= 4 is 17.7 Å². The molecule has 1 aromatic heterocycles. The summed E-state index contributed by atoms with van der Waals surface area (Å²) in [5, 5.41) is 7.68. The largest absolute Gasteiger partial charge is 0.340 e. The van der Waals surface area contributed by atoms with Crippen LogP contribution in [0.25, 0.3) is 0 Å². The van der Waals surface area contributed by atoms with E-state index in [1.165, 1.54) is 22.9 Å². The van der Waals surface area contributed by atoms with E-state index in [1.807, 2.05) is 11.8 Å². The molecule has 2 aromatic rings. The molecule has 3 rings (SSSR count). The molecular weight excluding hydrogens is 346 g/mol. The van der Waals surface area contributed by atoms with E-state index < -0.39 is 0 Å². The van der Waals surface area contributed by atoms with Gasteiger partial charge in [-0.1, -0.05) is 48.5 Å². The number of likely N-dealkylation sites (N-methyl/N-ethyl adjacent to an activating group) is 1. The van der Waals surface area contributed by atoms with Gasteiger partial charge in [-0.3, -0.25) is 9.89 Å². The zero-order valence-electron chi connectivity index (χ0n) is 15.9. The Morgan fingerprint density at radius 2 is 2.04 bits per heavy atom. The summed E-state index contributed by atoms with van der Waals surface area (Å²) in [7, 11) is 4.18. The van der Waals surface area contributed by atoms with Crippen molar-refractivity contribution in [2.45, 2.75) is 37.4 Å². The average Bonchev–Trinajstić information content (AvgIpc) is 3.27. The lowest BCUT2D eigenvalue weighted by Gasteiger charge is -2.25. The molecule has 0 spiro atoms. The maximum Gasteiger partial charge on any atom is 0.233 e. The molecule has 2 unspecified atom stereocenters. The first-order valence-corrected chi connectivity index (χ1v) is 10.0. The van der Waals surface area contributed by atoms with Gasteiger partial charge in [0.05, 0.1) is 5.75 Å². The monoisotopic (exact) mass is 373 g/mol. The van der Waals surface area contributed by atoms with Crippen LogP contribution >= 0.6 is 11.8 Å². The van der Waals surface area contributed by atoms with Crippen LogP contribution in [0.5, 0.6) is 0 Å². The van der Waals surface area contributed by atoms with Crippen LogP contribution in [-0.2, 0) is 11.2 Å². The highest BCUT2D eigenvalue weighted by Gasteiger charge is 2.37. The van der Waals surface area contributed by atoms with Crippen molar-refractivity contribution in [3.63, 3.8) is 0 Å². The maximum atomic E-state index is 12.7. The first-order valence-electron chi connectivity index (χ1n) is 9.02. The highest BCUT2D eigenvalue weighted by Crippen LogP contribution is 2.31. The second-order valence-corrected chi connectivity index (χ2v) is 8.00. The van der Waals surface area contributed by atoms with Gasteiger partial charge >= 0.3 is 0 Å². The number of likely N-dealkylation sites (tertiary alicyclic amines) is 1. The number of thioether (sulfide) groups is 1. The molecule has 1 amide bonds. The van der Waals surface area contributed by atoms with Crippen LogP contribution in [0.4, 0.5) is 0 Å². The van der Waals surface area contributed by atoms with Gasteiger partial charge in [0, 0.05) is 31.5 Å². The Labute approximate surface area is 159 Å². The van der Waals surface area contributed by atoms with Gasteiger partial charge in [0.15, 0.2) is 0 Å². The van der Waals surface area contributed by atoms with Crippen LogP contribution in [0.2, 0.25) is 0 Å². The Hall–Kier alpha value is -1.86. The van der Waals surface area contributed by atoms with E-state index in [0.29, 0.717) is 22.9 Å². The fourth-order valence-corrected chi connectivity index (χ4v) is 4.09. The molecular formula is C19H27N5OS. The summed E-state index contributed by atoms with van der Waals surface area (Å²) in [6.45, 7) is 5.65. The van der Waals surface area contributed by atoms with Gasteiger partial charge < -0.3 is 9.80 Å². The molecule has 0 saturated carbocycles. The second-order valence-electron chi connectivity index (χ2n) is 7.05. The molecule has 1 N–H and O–H groups in total. The minimum Gasteiger partial charge on any atom is -0.340 e. The summed E-state index contributed by atoms with van der Waals surface area (Å²) >= 11 is 1.40. The van der Waals surface area contributed by atoms with Gasteiger partial charge in [-0.2, -0.15) is 0 Å². The number of amides is 1. The van der Waals surface area contributed by atoms with Crippen molar-refractivity contribution in [3.05, 3.63) is 41.2 Å². The fraction of sp³-hybridized carbons (Fsp3) is 0.526. The predicted octanol–water partition coefficient (Wildman–Crippen LogP) is 2.32. The standard InChI is InChI=1S/C19H27N5OS/c1-5-17-20-19(22-21-17)26-12-18(25)24-10-15(16(11-24)23(3)4)14-8-6-13(2)7-9-14/h6-9,15-16H,5,10-12H2,1-4H3,(H,20,21,22). The van der Waals surface area contributed by atoms with Gasteiger partial charge in [0.1, 0.15) is 5.82 Å². The van der Waals surface area contributed by atoms with Crippen LogP contribution in [0.1, 0.15) is 29.8 Å². The first kappa shape index (κ1) is 18.9. The third kappa shape index (κ3) is 4.27. The maximum absolute atomic E-state index is 12.7. The quantitative estimate of drug-likeness (QED) is 0.787. The molecule has 0 bridgehead atoms. The Balaban J connectivity index is 1.64. The molecule has 140 valence electrons. The topological polar surface area (TPSA) is 65.1 Å². The van der Waals surface area contributed by atoms with Crippen molar-refractivity contribution in [3.8, 4) is 0 Å². The van der Waals surface area contributed by atoms with Gasteiger partial charge in [-0.25, -0.2) is 4.98 Å². The van der Waals surface area contributed by atoms with E-state index in [9.17, 15) is 4.79 Å². The summed E-state index contributed by atoms with van der Waals surface area (Å²) in [5.74, 6) is 1.73. The van der Waals surface area contributed by atoms with E-state index in [2.05, 4.69) is 65.4 Å². The van der Waals surface area contributed by atoms with E-state index in [4.69, 9.17) is 0 Å². The summed E-state index contributed by atoms with van der Waals surface area (Å²) in [5.41, 5.74) is 2.56. The highest BCUT2D eigenvalue weighted by molar-refractivity contribution is 7.99. The molecule has 1 aliphatic heterocycles. The number of hydrogen-bond acceptors (Lipinski definition) is 5. The number of nitrogens with zero attached hydrogens (tertiary/aromatic N) is 4. The minimum absolute atomic E-state index is 0.152. The molecule has 2 atom stereocenters. The third-order valence-electron chi connectivity index (χ3n) is 4.98. The van der Waals surface area contributed by atoms with Crippen molar-refractivity contribution in [2.75, 3.05) is 32.9 Å². The lowest BCUT2D eigenvalue weighted by atomic mass is 9.93. The SMILES string of the molecule is CCc1nc(SCC(=O)N2CC(c3ccc(C)cc3)C(N(C)C)C2)n[nH]1. The average molecular weight is 374 g/mol. The number of aromatic nitrogens is 3. The van der Waals surface area contributed by atoms with Gasteiger partial charge in [-0.15, -0.1) is 5.10 Å². The molecule has 1 fully saturated rings. The lowest BCUT2D eigenvalue weighted by molar-refractivity contribution is -0.127. The number of carbonyl (C=O) groups excluding carboxylic acids is 1. The lowest BCUT2D eigenvalue weighted by Crippen LogP contribution is -2.36. The molecule has 1 aliphatic rings. The summed E-state index contributed by atoms with van der Waals surface area (Å²) < 4.78 is 0. The molecule has 7 heteroatoms. The van der Waals surface area contributed by atoms with Crippen LogP contribution in [0.3, 0.4) is 0 Å². The Morgan fingerprint density at radius 1 is 1.31 bits per heavy atom. The second kappa shape index (κ2) is 8.22. The number of benzene rings is 1. The van der Waals surface area contributed by atoms with E-state index in [1.54, 1.807) is 0 Å².